The van der Waals surface area contributed by atoms with Gasteiger partial charge in [0.2, 0.25) is 5.91 Å². The molecule has 0 rings (SSSR count). The highest BCUT2D eigenvalue weighted by atomic mass is 16.2. The number of rotatable bonds is 11. The Morgan fingerprint density at radius 2 is 2.00 bits per heavy atom. The first-order chi connectivity index (χ1) is 8.63. The monoisotopic (exact) mass is 258 g/mol. The predicted octanol–water partition coefficient (Wildman–Crippen LogP) is 1.81. The number of nitrogens with one attached hydrogen (secondary N) is 1. The third-order valence-electron chi connectivity index (χ3n) is 3.25. The van der Waals surface area contributed by atoms with Crippen LogP contribution < -0.4 is 11.1 Å². The molecule has 0 aliphatic carbocycles. The van der Waals surface area contributed by atoms with Crippen LogP contribution >= 0.6 is 0 Å². The molecule has 0 aliphatic heterocycles. The topological polar surface area (TPSA) is 75.4 Å². The fourth-order valence-corrected chi connectivity index (χ4v) is 2.23. The number of carbonyl (C=O) groups excluding carboxylic acids is 1. The van der Waals surface area contributed by atoms with Gasteiger partial charge in [-0.25, -0.2) is 0 Å². The lowest BCUT2D eigenvalue weighted by Gasteiger charge is -2.17. The summed E-state index contributed by atoms with van der Waals surface area (Å²) in [5.74, 6) is 0.706. The SMILES string of the molecule is CCCC(CCN)CCC(=O)NC(C)CCCO. The van der Waals surface area contributed by atoms with Gasteiger partial charge in [-0.2, -0.15) is 0 Å². The number of hydrogen-bond acceptors (Lipinski definition) is 3. The summed E-state index contributed by atoms with van der Waals surface area (Å²) in [5.41, 5.74) is 5.58. The summed E-state index contributed by atoms with van der Waals surface area (Å²) < 4.78 is 0. The molecule has 108 valence electrons. The minimum absolute atomic E-state index is 0.124. The highest BCUT2D eigenvalue weighted by Crippen LogP contribution is 2.16. The van der Waals surface area contributed by atoms with E-state index in [9.17, 15) is 4.79 Å². The highest BCUT2D eigenvalue weighted by Gasteiger charge is 2.11. The Morgan fingerprint density at radius 3 is 2.56 bits per heavy atom. The van der Waals surface area contributed by atoms with Crippen LogP contribution in [0.2, 0.25) is 0 Å². The minimum atomic E-state index is 0.124. The van der Waals surface area contributed by atoms with Crippen LogP contribution in [0.1, 0.15) is 58.8 Å². The van der Waals surface area contributed by atoms with Crippen LogP contribution in [0.4, 0.5) is 0 Å². The molecule has 0 bridgehead atoms. The molecule has 2 unspecified atom stereocenters. The maximum absolute atomic E-state index is 11.7. The van der Waals surface area contributed by atoms with E-state index in [0.717, 1.165) is 38.5 Å². The molecule has 0 saturated heterocycles. The van der Waals surface area contributed by atoms with Gasteiger partial charge in [0.1, 0.15) is 0 Å². The fraction of sp³-hybridized carbons (Fsp3) is 0.929. The molecule has 4 nitrogen and oxygen atoms in total. The van der Waals surface area contributed by atoms with Crippen LogP contribution in [0.25, 0.3) is 0 Å². The number of aliphatic hydroxyl groups is 1. The average molecular weight is 258 g/mol. The molecule has 0 fully saturated rings. The molecule has 4 N–H and O–H groups in total. The Balaban J connectivity index is 3.78. The van der Waals surface area contributed by atoms with Crippen molar-refractivity contribution in [2.24, 2.45) is 11.7 Å². The normalized spacial score (nSPS) is 14.2. The van der Waals surface area contributed by atoms with Crippen molar-refractivity contribution >= 4 is 5.91 Å². The molecule has 0 spiro atoms. The van der Waals surface area contributed by atoms with Crippen molar-refractivity contribution in [3.05, 3.63) is 0 Å². The second kappa shape index (κ2) is 11.5. The van der Waals surface area contributed by atoms with Crippen molar-refractivity contribution in [3.8, 4) is 0 Å². The maximum Gasteiger partial charge on any atom is 0.220 e. The van der Waals surface area contributed by atoms with Crippen LogP contribution in [-0.4, -0.2) is 30.2 Å². The summed E-state index contributed by atoms with van der Waals surface area (Å²) in [6.07, 6.45) is 6.43. The van der Waals surface area contributed by atoms with Crippen molar-refractivity contribution in [2.75, 3.05) is 13.2 Å². The Kier molecular flexibility index (Phi) is 11.1. The lowest BCUT2D eigenvalue weighted by molar-refractivity contribution is -0.122. The third kappa shape index (κ3) is 9.42. The van der Waals surface area contributed by atoms with E-state index >= 15 is 0 Å². The van der Waals surface area contributed by atoms with Crippen molar-refractivity contribution < 1.29 is 9.90 Å². The van der Waals surface area contributed by atoms with Gasteiger partial charge in [0.15, 0.2) is 0 Å². The molecule has 0 heterocycles. The van der Waals surface area contributed by atoms with E-state index in [-0.39, 0.29) is 18.6 Å². The first kappa shape index (κ1) is 17.4. The molecule has 2 atom stereocenters. The van der Waals surface area contributed by atoms with Gasteiger partial charge in [0.25, 0.3) is 0 Å². The van der Waals surface area contributed by atoms with Crippen LogP contribution in [0, 0.1) is 5.92 Å². The molecule has 0 radical (unpaired) electrons. The van der Waals surface area contributed by atoms with E-state index in [0.29, 0.717) is 18.9 Å². The second-order valence-electron chi connectivity index (χ2n) is 5.11. The van der Waals surface area contributed by atoms with Gasteiger partial charge >= 0.3 is 0 Å². The molecule has 0 saturated carbocycles. The Bertz CT molecular complexity index is 204. The molecular formula is C14H30N2O2. The molecule has 1 amide bonds. The number of aliphatic hydroxyl groups excluding tert-OH is 1. The molecule has 0 aromatic rings. The second-order valence-corrected chi connectivity index (χ2v) is 5.11. The summed E-state index contributed by atoms with van der Waals surface area (Å²) in [6.45, 7) is 5.05. The standard InChI is InChI=1S/C14H30N2O2/c1-3-5-13(9-10-15)7-8-14(18)16-12(2)6-4-11-17/h12-13,17H,3-11,15H2,1-2H3,(H,16,18). The van der Waals surface area contributed by atoms with E-state index in [2.05, 4.69) is 12.2 Å². The summed E-state index contributed by atoms with van der Waals surface area (Å²) in [5, 5.41) is 11.7. The smallest absolute Gasteiger partial charge is 0.220 e. The molecule has 0 aliphatic rings. The molecule has 18 heavy (non-hydrogen) atoms. The molecular weight excluding hydrogens is 228 g/mol. The lowest BCUT2D eigenvalue weighted by atomic mass is 9.94. The van der Waals surface area contributed by atoms with Crippen LogP contribution in [-0.2, 0) is 4.79 Å². The summed E-state index contributed by atoms with van der Waals surface area (Å²) >= 11 is 0. The van der Waals surface area contributed by atoms with Crippen molar-refractivity contribution in [1.82, 2.24) is 5.32 Å². The molecule has 0 aromatic heterocycles. The van der Waals surface area contributed by atoms with E-state index < -0.39 is 0 Å². The van der Waals surface area contributed by atoms with Gasteiger partial charge in [-0.15, -0.1) is 0 Å². The van der Waals surface area contributed by atoms with Crippen LogP contribution in [0.5, 0.6) is 0 Å². The van der Waals surface area contributed by atoms with Gasteiger partial charge in [-0.05, 0) is 45.1 Å². The Hall–Kier alpha value is -0.610. The fourth-order valence-electron chi connectivity index (χ4n) is 2.23. The van der Waals surface area contributed by atoms with Crippen LogP contribution in [0.3, 0.4) is 0 Å². The zero-order chi connectivity index (χ0) is 13.8. The maximum atomic E-state index is 11.7. The molecule has 0 aromatic carbocycles. The Morgan fingerprint density at radius 1 is 1.28 bits per heavy atom. The first-order valence-electron chi connectivity index (χ1n) is 7.24. The summed E-state index contributed by atoms with van der Waals surface area (Å²) in [6, 6.07) is 0.156. The van der Waals surface area contributed by atoms with E-state index in [4.69, 9.17) is 10.8 Å². The van der Waals surface area contributed by atoms with Gasteiger partial charge in [-0.1, -0.05) is 19.8 Å². The van der Waals surface area contributed by atoms with Crippen molar-refractivity contribution in [2.45, 2.75) is 64.8 Å². The number of nitrogens with two attached hydrogens (primary N) is 1. The largest absolute Gasteiger partial charge is 0.396 e. The van der Waals surface area contributed by atoms with Gasteiger partial charge in [0, 0.05) is 19.1 Å². The summed E-state index contributed by atoms with van der Waals surface area (Å²) in [4.78, 5) is 11.7. The van der Waals surface area contributed by atoms with Crippen molar-refractivity contribution in [1.29, 1.82) is 0 Å². The highest BCUT2D eigenvalue weighted by molar-refractivity contribution is 5.76. The van der Waals surface area contributed by atoms with E-state index in [1.807, 2.05) is 6.92 Å². The summed E-state index contributed by atoms with van der Waals surface area (Å²) in [7, 11) is 0. The zero-order valence-electron chi connectivity index (χ0n) is 12.0. The average Bonchev–Trinajstić information content (AvgIpc) is 2.34. The van der Waals surface area contributed by atoms with Gasteiger partial charge in [-0.3, -0.25) is 4.79 Å². The van der Waals surface area contributed by atoms with E-state index in [1.54, 1.807) is 0 Å². The van der Waals surface area contributed by atoms with Gasteiger partial charge in [0.05, 0.1) is 0 Å². The van der Waals surface area contributed by atoms with Crippen LogP contribution in [0.15, 0.2) is 0 Å². The minimum Gasteiger partial charge on any atom is -0.396 e. The Labute approximate surface area is 111 Å². The lowest BCUT2D eigenvalue weighted by Crippen LogP contribution is -2.32. The van der Waals surface area contributed by atoms with Crippen molar-refractivity contribution in [3.63, 3.8) is 0 Å². The molecule has 4 heteroatoms. The number of hydrogen-bond donors (Lipinski definition) is 3. The van der Waals surface area contributed by atoms with Gasteiger partial charge < -0.3 is 16.2 Å². The first-order valence-corrected chi connectivity index (χ1v) is 7.24. The number of amides is 1. The third-order valence-corrected chi connectivity index (χ3v) is 3.25. The zero-order valence-corrected chi connectivity index (χ0v) is 12.0. The number of carbonyl (C=O) groups is 1. The quantitative estimate of drug-likeness (QED) is 0.529. The predicted molar refractivity (Wildman–Crippen MR) is 75.2 cm³/mol. The van der Waals surface area contributed by atoms with E-state index in [1.165, 1.54) is 0 Å².